The second-order valence-corrected chi connectivity index (χ2v) is 6.94. The Hall–Kier alpha value is -2.37. The van der Waals surface area contributed by atoms with Crippen LogP contribution in [0.1, 0.15) is 27.0 Å². The Morgan fingerprint density at radius 1 is 1.07 bits per heavy atom. The molecule has 5 nitrogen and oxygen atoms in total. The zero-order valence-electron chi connectivity index (χ0n) is 16.2. The Morgan fingerprint density at radius 3 is 2.52 bits per heavy atom. The van der Waals surface area contributed by atoms with Crippen LogP contribution in [0.25, 0.3) is 0 Å². The van der Waals surface area contributed by atoms with Crippen LogP contribution < -0.4 is 10.1 Å². The average molecular weight is 368 g/mol. The summed E-state index contributed by atoms with van der Waals surface area (Å²) >= 11 is 0. The second-order valence-electron chi connectivity index (χ2n) is 6.94. The molecule has 0 unspecified atom stereocenters. The van der Waals surface area contributed by atoms with Gasteiger partial charge in [0, 0.05) is 25.2 Å². The molecule has 0 spiro atoms. The molecule has 144 valence electrons. The summed E-state index contributed by atoms with van der Waals surface area (Å²) in [6.45, 7) is 9.47. The van der Waals surface area contributed by atoms with Crippen LogP contribution in [0.3, 0.4) is 0 Å². The van der Waals surface area contributed by atoms with Gasteiger partial charge in [-0.2, -0.15) is 0 Å². The smallest absolute Gasteiger partial charge is 0.251 e. The minimum atomic E-state index is -0.0726. The number of morpholine rings is 1. The predicted octanol–water partition coefficient (Wildman–Crippen LogP) is 2.94. The highest BCUT2D eigenvalue weighted by Crippen LogP contribution is 2.16. The van der Waals surface area contributed by atoms with Gasteiger partial charge in [-0.15, -0.1) is 0 Å². The molecule has 1 heterocycles. The molecule has 0 saturated carbocycles. The van der Waals surface area contributed by atoms with Crippen molar-refractivity contribution >= 4 is 5.91 Å². The number of nitrogens with one attached hydrogen (secondary N) is 1. The average Bonchev–Trinajstić information content (AvgIpc) is 2.69. The van der Waals surface area contributed by atoms with Gasteiger partial charge in [0.2, 0.25) is 0 Å². The van der Waals surface area contributed by atoms with E-state index in [1.807, 2.05) is 42.5 Å². The van der Waals surface area contributed by atoms with E-state index >= 15 is 0 Å². The zero-order chi connectivity index (χ0) is 19.1. The van der Waals surface area contributed by atoms with E-state index < -0.39 is 0 Å². The van der Waals surface area contributed by atoms with Crippen LogP contribution in [0.4, 0.5) is 0 Å². The fraction of sp³-hybridized carbons (Fsp3) is 0.409. The minimum Gasteiger partial charge on any atom is -0.492 e. The molecule has 1 saturated heterocycles. The van der Waals surface area contributed by atoms with Crippen LogP contribution in [-0.2, 0) is 11.3 Å². The van der Waals surface area contributed by atoms with Crippen molar-refractivity contribution in [3.63, 3.8) is 0 Å². The predicted molar refractivity (Wildman–Crippen MR) is 106 cm³/mol. The summed E-state index contributed by atoms with van der Waals surface area (Å²) in [5, 5.41) is 2.91. The highest BCUT2D eigenvalue weighted by atomic mass is 16.5. The lowest BCUT2D eigenvalue weighted by atomic mass is 10.1. The monoisotopic (exact) mass is 368 g/mol. The van der Waals surface area contributed by atoms with Crippen molar-refractivity contribution in [1.29, 1.82) is 0 Å². The zero-order valence-corrected chi connectivity index (χ0v) is 16.2. The van der Waals surface area contributed by atoms with Crippen LogP contribution in [0.15, 0.2) is 42.5 Å². The Balaban J connectivity index is 1.41. The van der Waals surface area contributed by atoms with Crippen LogP contribution in [0.2, 0.25) is 0 Å². The van der Waals surface area contributed by atoms with Crippen molar-refractivity contribution in [2.75, 3.05) is 39.5 Å². The summed E-state index contributed by atoms with van der Waals surface area (Å²) < 4.78 is 11.1. The number of amides is 1. The molecule has 27 heavy (non-hydrogen) atoms. The maximum absolute atomic E-state index is 12.3. The quantitative estimate of drug-likeness (QED) is 0.764. The summed E-state index contributed by atoms with van der Waals surface area (Å²) in [6, 6.07) is 13.8. The molecular weight excluding hydrogens is 340 g/mol. The number of ether oxygens (including phenoxy) is 2. The SMILES string of the molecule is Cc1ccc(OCCNC(=O)c2ccc(CN3CCOCC3)cc2)cc1C. The molecule has 0 atom stereocenters. The topological polar surface area (TPSA) is 50.8 Å². The van der Waals surface area contributed by atoms with Gasteiger partial charge in [0.1, 0.15) is 12.4 Å². The number of rotatable bonds is 7. The van der Waals surface area contributed by atoms with Crippen LogP contribution in [0.5, 0.6) is 5.75 Å². The molecule has 2 aromatic carbocycles. The summed E-state index contributed by atoms with van der Waals surface area (Å²) in [7, 11) is 0. The number of benzene rings is 2. The summed E-state index contributed by atoms with van der Waals surface area (Å²) in [6.07, 6.45) is 0. The Kier molecular flexibility index (Phi) is 6.85. The fourth-order valence-electron chi connectivity index (χ4n) is 3.02. The Bertz CT molecular complexity index is 753. The number of aryl methyl sites for hydroxylation is 2. The maximum atomic E-state index is 12.3. The van der Waals surface area contributed by atoms with Crippen LogP contribution >= 0.6 is 0 Å². The third-order valence-corrected chi connectivity index (χ3v) is 4.86. The van der Waals surface area contributed by atoms with E-state index in [2.05, 4.69) is 24.1 Å². The highest BCUT2D eigenvalue weighted by molar-refractivity contribution is 5.94. The molecule has 3 rings (SSSR count). The third kappa shape index (κ3) is 5.81. The van der Waals surface area contributed by atoms with Crippen LogP contribution in [-0.4, -0.2) is 50.3 Å². The molecule has 0 aromatic heterocycles. The van der Waals surface area contributed by atoms with Crippen molar-refractivity contribution in [2.24, 2.45) is 0 Å². The van der Waals surface area contributed by atoms with E-state index in [9.17, 15) is 4.79 Å². The van der Waals surface area contributed by atoms with Gasteiger partial charge in [-0.3, -0.25) is 9.69 Å². The normalized spacial score (nSPS) is 14.7. The Labute approximate surface area is 161 Å². The third-order valence-electron chi connectivity index (χ3n) is 4.86. The van der Waals surface area contributed by atoms with E-state index in [0.29, 0.717) is 18.7 Å². The number of hydrogen-bond donors (Lipinski definition) is 1. The van der Waals surface area contributed by atoms with Crippen molar-refractivity contribution in [2.45, 2.75) is 20.4 Å². The molecule has 0 bridgehead atoms. The molecule has 1 aliphatic rings. The van der Waals surface area contributed by atoms with Gasteiger partial charge in [0.15, 0.2) is 0 Å². The molecule has 1 fully saturated rings. The summed E-state index contributed by atoms with van der Waals surface area (Å²) in [4.78, 5) is 14.6. The minimum absolute atomic E-state index is 0.0726. The van der Waals surface area contributed by atoms with Gasteiger partial charge in [-0.05, 0) is 54.8 Å². The molecule has 0 radical (unpaired) electrons. The van der Waals surface area contributed by atoms with E-state index in [1.54, 1.807) is 0 Å². The highest BCUT2D eigenvalue weighted by Gasteiger charge is 2.11. The van der Waals surface area contributed by atoms with E-state index in [0.717, 1.165) is 38.6 Å². The van der Waals surface area contributed by atoms with Crippen molar-refractivity contribution in [1.82, 2.24) is 10.2 Å². The van der Waals surface area contributed by atoms with Gasteiger partial charge < -0.3 is 14.8 Å². The lowest BCUT2D eigenvalue weighted by Gasteiger charge is -2.26. The first-order valence-electron chi connectivity index (χ1n) is 9.49. The summed E-state index contributed by atoms with van der Waals surface area (Å²) in [5.41, 5.74) is 4.33. The number of carbonyl (C=O) groups is 1. The molecule has 1 aliphatic heterocycles. The fourth-order valence-corrected chi connectivity index (χ4v) is 3.02. The van der Waals surface area contributed by atoms with Crippen molar-refractivity contribution in [3.05, 3.63) is 64.7 Å². The number of carbonyl (C=O) groups excluding carboxylic acids is 1. The molecule has 1 amide bonds. The van der Waals surface area contributed by atoms with Gasteiger partial charge in [0.25, 0.3) is 5.91 Å². The first kappa shape index (κ1) is 19.4. The van der Waals surface area contributed by atoms with Crippen molar-refractivity contribution < 1.29 is 14.3 Å². The molecular formula is C22H28N2O3. The van der Waals surface area contributed by atoms with Gasteiger partial charge in [0.05, 0.1) is 19.8 Å². The molecule has 2 aromatic rings. The maximum Gasteiger partial charge on any atom is 0.251 e. The number of nitrogens with zero attached hydrogens (tertiary/aromatic N) is 1. The first-order chi connectivity index (χ1) is 13.1. The van der Waals surface area contributed by atoms with Gasteiger partial charge >= 0.3 is 0 Å². The number of hydrogen-bond acceptors (Lipinski definition) is 4. The lowest BCUT2D eigenvalue weighted by Crippen LogP contribution is -2.35. The van der Waals surface area contributed by atoms with Crippen LogP contribution in [0, 0.1) is 13.8 Å². The van der Waals surface area contributed by atoms with E-state index in [-0.39, 0.29) is 5.91 Å². The van der Waals surface area contributed by atoms with Gasteiger partial charge in [-0.1, -0.05) is 18.2 Å². The molecule has 1 N–H and O–H groups in total. The van der Waals surface area contributed by atoms with E-state index in [1.165, 1.54) is 16.7 Å². The molecule has 0 aliphatic carbocycles. The standard InChI is InChI=1S/C22H28N2O3/c1-17-3-8-21(15-18(17)2)27-12-9-23-22(25)20-6-4-19(5-7-20)16-24-10-13-26-14-11-24/h3-8,15H,9-14,16H2,1-2H3,(H,23,25). The lowest BCUT2D eigenvalue weighted by molar-refractivity contribution is 0.0342. The largest absolute Gasteiger partial charge is 0.492 e. The summed E-state index contributed by atoms with van der Waals surface area (Å²) in [5.74, 6) is 0.761. The van der Waals surface area contributed by atoms with E-state index in [4.69, 9.17) is 9.47 Å². The second kappa shape index (κ2) is 9.53. The Morgan fingerprint density at radius 2 is 1.81 bits per heavy atom. The molecule has 5 heteroatoms. The van der Waals surface area contributed by atoms with Crippen molar-refractivity contribution in [3.8, 4) is 5.75 Å². The van der Waals surface area contributed by atoms with Gasteiger partial charge in [-0.25, -0.2) is 0 Å². The first-order valence-corrected chi connectivity index (χ1v) is 9.49.